The standard InChI is InChI=1S/C13H21N5S/c1-14-12-10-5-8-19-13(10)16-11(15-12)9-18(4)7-6-17(2)3/h5,8H,6-7,9H2,1-4H3,(H,14,15,16). The molecule has 0 bridgehead atoms. The van der Waals surface area contributed by atoms with E-state index < -0.39 is 0 Å². The lowest BCUT2D eigenvalue weighted by Gasteiger charge is -2.18. The van der Waals surface area contributed by atoms with Crippen LogP contribution in [-0.4, -0.2) is 61.0 Å². The van der Waals surface area contributed by atoms with Crippen molar-refractivity contribution in [3.8, 4) is 0 Å². The molecule has 0 amide bonds. The monoisotopic (exact) mass is 279 g/mol. The van der Waals surface area contributed by atoms with E-state index in [9.17, 15) is 0 Å². The van der Waals surface area contributed by atoms with E-state index in [0.29, 0.717) is 0 Å². The van der Waals surface area contributed by atoms with Crippen molar-refractivity contribution < 1.29 is 0 Å². The zero-order valence-electron chi connectivity index (χ0n) is 12.0. The fourth-order valence-electron chi connectivity index (χ4n) is 1.85. The maximum absolute atomic E-state index is 4.62. The minimum atomic E-state index is 0.774. The third kappa shape index (κ3) is 3.62. The van der Waals surface area contributed by atoms with Gasteiger partial charge in [-0.2, -0.15) is 0 Å². The van der Waals surface area contributed by atoms with Crippen LogP contribution in [0.4, 0.5) is 5.82 Å². The van der Waals surface area contributed by atoms with Crippen LogP contribution in [0.2, 0.25) is 0 Å². The van der Waals surface area contributed by atoms with Crippen LogP contribution in [-0.2, 0) is 6.54 Å². The zero-order valence-corrected chi connectivity index (χ0v) is 12.8. The van der Waals surface area contributed by atoms with Gasteiger partial charge in [0.25, 0.3) is 0 Å². The van der Waals surface area contributed by atoms with Crippen molar-refractivity contribution >= 4 is 27.4 Å². The van der Waals surface area contributed by atoms with Crippen LogP contribution >= 0.6 is 11.3 Å². The fraction of sp³-hybridized carbons (Fsp3) is 0.538. The molecule has 0 saturated carbocycles. The number of aromatic nitrogens is 2. The largest absolute Gasteiger partial charge is 0.372 e. The Morgan fingerprint density at radius 1 is 1.21 bits per heavy atom. The molecule has 104 valence electrons. The highest BCUT2D eigenvalue weighted by Gasteiger charge is 2.09. The predicted octanol–water partition coefficient (Wildman–Crippen LogP) is 1.73. The Kier molecular flexibility index (Phi) is 4.68. The van der Waals surface area contributed by atoms with Crippen LogP contribution in [0.25, 0.3) is 10.2 Å². The van der Waals surface area contributed by atoms with Crippen molar-refractivity contribution in [3.63, 3.8) is 0 Å². The van der Waals surface area contributed by atoms with Crippen molar-refractivity contribution in [3.05, 3.63) is 17.3 Å². The van der Waals surface area contributed by atoms with Crippen LogP contribution in [0.3, 0.4) is 0 Å². The Morgan fingerprint density at radius 2 is 2.00 bits per heavy atom. The molecule has 1 N–H and O–H groups in total. The molecule has 0 aliphatic carbocycles. The number of fused-ring (bicyclic) bond motifs is 1. The van der Waals surface area contributed by atoms with Gasteiger partial charge >= 0.3 is 0 Å². The molecular weight excluding hydrogens is 258 g/mol. The Morgan fingerprint density at radius 3 is 2.68 bits per heavy atom. The maximum atomic E-state index is 4.62. The molecule has 2 aromatic rings. The van der Waals surface area contributed by atoms with Crippen molar-refractivity contribution in [1.29, 1.82) is 0 Å². The highest BCUT2D eigenvalue weighted by molar-refractivity contribution is 7.16. The van der Waals surface area contributed by atoms with Gasteiger partial charge in [0.2, 0.25) is 0 Å². The summed E-state index contributed by atoms with van der Waals surface area (Å²) in [5.41, 5.74) is 0. The summed E-state index contributed by atoms with van der Waals surface area (Å²) in [5.74, 6) is 1.79. The normalized spacial score (nSPS) is 11.7. The highest BCUT2D eigenvalue weighted by atomic mass is 32.1. The summed E-state index contributed by atoms with van der Waals surface area (Å²) < 4.78 is 0. The molecule has 2 aromatic heterocycles. The molecule has 19 heavy (non-hydrogen) atoms. The van der Waals surface area contributed by atoms with E-state index in [0.717, 1.165) is 41.5 Å². The summed E-state index contributed by atoms with van der Waals surface area (Å²) >= 11 is 1.66. The molecule has 0 aromatic carbocycles. The molecule has 0 radical (unpaired) electrons. The lowest BCUT2D eigenvalue weighted by molar-refractivity contribution is 0.271. The molecule has 5 nitrogen and oxygen atoms in total. The number of anilines is 1. The fourth-order valence-corrected chi connectivity index (χ4v) is 2.63. The first-order chi connectivity index (χ1) is 9.10. The summed E-state index contributed by atoms with van der Waals surface area (Å²) in [7, 11) is 8.17. The number of hydrogen-bond acceptors (Lipinski definition) is 6. The first-order valence-corrected chi connectivity index (χ1v) is 7.23. The van der Waals surface area contributed by atoms with Crippen molar-refractivity contribution in [2.75, 3.05) is 46.6 Å². The second kappa shape index (κ2) is 6.27. The summed E-state index contributed by atoms with van der Waals surface area (Å²) in [4.78, 5) is 14.7. The summed E-state index contributed by atoms with van der Waals surface area (Å²) in [6, 6.07) is 2.06. The molecule has 0 saturated heterocycles. The number of thiophene rings is 1. The van der Waals surface area contributed by atoms with E-state index in [1.807, 2.05) is 7.05 Å². The summed E-state index contributed by atoms with van der Waals surface area (Å²) in [5, 5.41) is 6.31. The number of likely N-dealkylation sites (N-methyl/N-ethyl adjacent to an activating group) is 2. The van der Waals surface area contributed by atoms with Crippen molar-refractivity contribution in [2.24, 2.45) is 0 Å². The minimum Gasteiger partial charge on any atom is -0.372 e. The third-order valence-electron chi connectivity index (χ3n) is 2.95. The molecule has 0 aliphatic heterocycles. The SMILES string of the molecule is CNc1nc(CN(C)CCN(C)C)nc2sccc12. The molecule has 2 heterocycles. The van der Waals surface area contributed by atoms with E-state index >= 15 is 0 Å². The van der Waals surface area contributed by atoms with E-state index in [1.54, 1.807) is 11.3 Å². The Bertz CT molecular complexity index is 537. The van der Waals surface area contributed by atoms with Gasteiger partial charge in [0, 0.05) is 20.1 Å². The van der Waals surface area contributed by atoms with Crippen LogP contribution in [0.5, 0.6) is 0 Å². The van der Waals surface area contributed by atoms with Gasteiger partial charge in [-0.15, -0.1) is 11.3 Å². The van der Waals surface area contributed by atoms with Crippen LogP contribution in [0.1, 0.15) is 5.82 Å². The quantitative estimate of drug-likeness (QED) is 0.872. The molecule has 0 unspecified atom stereocenters. The first kappa shape index (κ1) is 14.2. The number of hydrogen-bond donors (Lipinski definition) is 1. The van der Waals surface area contributed by atoms with Gasteiger partial charge in [0.15, 0.2) is 0 Å². The second-order valence-electron chi connectivity index (χ2n) is 4.92. The van der Waals surface area contributed by atoms with Gasteiger partial charge in [-0.3, -0.25) is 4.90 Å². The van der Waals surface area contributed by atoms with Crippen LogP contribution in [0, 0.1) is 0 Å². The van der Waals surface area contributed by atoms with Crippen LogP contribution < -0.4 is 5.32 Å². The summed E-state index contributed by atoms with van der Waals surface area (Å²) in [6.45, 7) is 2.82. The first-order valence-electron chi connectivity index (χ1n) is 6.35. The van der Waals surface area contributed by atoms with E-state index in [-0.39, 0.29) is 0 Å². The zero-order chi connectivity index (χ0) is 13.8. The molecule has 0 spiro atoms. The number of nitrogens with one attached hydrogen (secondary N) is 1. The molecule has 0 atom stereocenters. The third-order valence-corrected chi connectivity index (χ3v) is 3.76. The van der Waals surface area contributed by atoms with E-state index in [4.69, 9.17) is 0 Å². The van der Waals surface area contributed by atoms with Gasteiger partial charge in [-0.1, -0.05) is 0 Å². The van der Waals surface area contributed by atoms with Gasteiger partial charge in [-0.25, -0.2) is 9.97 Å². The average molecular weight is 279 g/mol. The lowest BCUT2D eigenvalue weighted by Crippen LogP contribution is -2.28. The van der Waals surface area contributed by atoms with Gasteiger partial charge in [0.05, 0.1) is 11.9 Å². The molecule has 0 aliphatic rings. The number of nitrogens with zero attached hydrogens (tertiary/aromatic N) is 4. The topological polar surface area (TPSA) is 44.3 Å². The molecule has 0 fully saturated rings. The predicted molar refractivity (Wildman–Crippen MR) is 81.8 cm³/mol. The lowest BCUT2D eigenvalue weighted by atomic mass is 10.3. The molecule has 2 rings (SSSR count). The van der Waals surface area contributed by atoms with Gasteiger partial charge in [-0.05, 0) is 32.6 Å². The highest BCUT2D eigenvalue weighted by Crippen LogP contribution is 2.24. The number of rotatable bonds is 6. The maximum Gasteiger partial charge on any atom is 0.146 e. The van der Waals surface area contributed by atoms with Gasteiger partial charge in [0.1, 0.15) is 16.5 Å². The molecule has 6 heteroatoms. The van der Waals surface area contributed by atoms with Crippen LogP contribution in [0.15, 0.2) is 11.4 Å². The molecular formula is C13H21N5S. The van der Waals surface area contributed by atoms with Gasteiger partial charge < -0.3 is 10.2 Å². The Balaban J connectivity index is 2.11. The van der Waals surface area contributed by atoms with E-state index in [1.165, 1.54) is 0 Å². The summed E-state index contributed by atoms with van der Waals surface area (Å²) in [6.07, 6.45) is 0. The smallest absolute Gasteiger partial charge is 0.146 e. The second-order valence-corrected chi connectivity index (χ2v) is 5.81. The average Bonchev–Trinajstić information content (AvgIpc) is 2.83. The minimum absolute atomic E-state index is 0.774. The Hall–Kier alpha value is -1.24. The Labute approximate surface area is 118 Å². The van der Waals surface area contributed by atoms with Crippen molar-refractivity contribution in [1.82, 2.24) is 19.8 Å². The van der Waals surface area contributed by atoms with E-state index in [2.05, 4.69) is 57.7 Å². The van der Waals surface area contributed by atoms with Crippen molar-refractivity contribution in [2.45, 2.75) is 6.54 Å².